The summed E-state index contributed by atoms with van der Waals surface area (Å²) in [7, 11) is -3.86. The summed E-state index contributed by atoms with van der Waals surface area (Å²) in [6.45, 7) is 1.08. The van der Waals surface area contributed by atoms with Crippen LogP contribution in [0.25, 0.3) is 0 Å². The van der Waals surface area contributed by atoms with E-state index < -0.39 is 27.4 Å². The van der Waals surface area contributed by atoms with E-state index in [1.54, 1.807) is 31.2 Å². The van der Waals surface area contributed by atoms with Crippen molar-refractivity contribution in [3.8, 4) is 0 Å². The quantitative estimate of drug-likeness (QED) is 0.415. The first-order valence-corrected chi connectivity index (χ1v) is 10.1. The molecule has 1 N–H and O–H groups in total. The fraction of sp³-hybridized carbons (Fsp3) is 0.176. The number of hydrogen-bond donors (Lipinski definition) is 1. The molecule has 0 aliphatic carbocycles. The lowest BCUT2D eigenvalue weighted by molar-refractivity contribution is -0.384. The first-order chi connectivity index (χ1) is 13.1. The molecule has 0 radical (unpaired) electrons. The van der Waals surface area contributed by atoms with Gasteiger partial charge in [-0.05, 0) is 30.7 Å². The summed E-state index contributed by atoms with van der Waals surface area (Å²) in [5.41, 5.74) is 3.21. The Bertz CT molecular complexity index is 1020. The highest BCUT2D eigenvalue weighted by Gasteiger charge is 2.22. The van der Waals surface area contributed by atoms with Gasteiger partial charge in [0.05, 0.1) is 22.6 Å². The minimum absolute atomic E-state index is 0.00486. The summed E-state index contributed by atoms with van der Waals surface area (Å²) < 4.78 is 24.9. The normalized spacial score (nSPS) is 11.8. The maximum Gasteiger partial charge on any atom is 0.271 e. The summed E-state index contributed by atoms with van der Waals surface area (Å²) in [5, 5.41) is 15.4. The molecule has 0 bridgehead atoms. The lowest BCUT2D eigenvalue weighted by Crippen LogP contribution is -2.39. The Morgan fingerprint density at radius 3 is 2.46 bits per heavy atom. The van der Waals surface area contributed by atoms with Crippen LogP contribution in [0.1, 0.15) is 12.5 Å². The van der Waals surface area contributed by atoms with E-state index in [-0.39, 0.29) is 11.4 Å². The van der Waals surface area contributed by atoms with Crippen LogP contribution < -0.4 is 9.73 Å². The van der Waals surface area contributed by atoms with Crippen LogP contribution in [0.3, 0.4) is 0 Å². The van der Waals surface area contributed by atoms with Crippen molar-refractivity contribution in [1.29, 1.82) is 0 Å². The van der Waals surface area contributed by atoms with Crippen LogP contribution in [-0.4, -0.2) is 37.8 Å². The van der Waals surface area contributed by atoms with Gasteiger partial charge >= 0.3 is 0 Å². The average Bonchev–Trinajstić information content (AvgIpc) is 2.64. The van der Waals surface area contributed by atoms with Crippen molar-refractivity contribution in [2.24, 2.45) is 5.10 Å². The maximum absolute atomic E-state index is 12.2. The van der Waals surface area contributed by atoms with E-state index in [0.29, 0.717) is 10.7 Å². The second kappa shape index (κ2) is 8.81. The third-order valence-electron chi connectivity index (χ3n) is 3.63. The summed E-state index contributed by atoms with van der Waals surface area (Å²) in [6, 6.07) is 11.8. The molecule has 2 aromatic carbocycles. The number of halogens is 1. The molecule has 0 aromatic heterocycles. The molecule has 0 saturated carbocycles. The fourth-order valence-electron chi connectivity index (χ4n) is 2.23. The van der Waals surface area contributed by atoms with Crippen LogP contribution in [0.4, 0.5) is 11.4 Å². The van der Waals surface area contributed by atoms with Gasteiger partial charge in [-0.1, -0.05) is 29.8 Å². The number of rotatable bonds is 7. The first kappa shape index (κ1) is 21.3. The highest BCUT2D eigenvalue weighted by atomic mass is 35.5. The highest BCUT2D eigenvalue weighted by Crippen LogP contribution is 2.22. The number of nitrogens with one attached hydrogen (secondary N) is 1. The number of nitrogens with zero attached hydrogens (tertiary/aromatic N) is 3. The molecule has 0 heterocycles. The molecule has 2 rings (SSSR count). The van der Waals surface area contributed by atoms with Crippen molar-refractivity contribution in [2.75, 3.05) is 17.1 Å². The molecule has 2 aromatic rings. The number of hydrogen-bond acceptors (Lipinski definition) is 6. The number of anilines is 1. The van der Waals surface area contributed by atoms with E-state index in [1.165, 1.54) is 18.2 Å². The number of carbonyl (C=O) groups excluding carboxylic acids is 1. The van der Waals surface area contributed by atoms with Crippen molar-refractivity contribution < 1.29 is 18.1 Å². The molecule has 0 spiro atoms. The van der Waals surface area contributed by atoms with Gasteiger partial charge in [0, 0.05) is 17.2 Å². The Morgan fingerprint density at radius 2 is 1.89 bits per heavy atom. The summed E-state index contributed by atoms with van der Waals surface area (Å²) in [5.74, 6) is -0.703. The van der Waals surface area contributed by atoms with Crippen molar-refractivity contribution in [3.63, 3.8) is 0 Å². The largest absolute Gasteiger partial charge is 0.271 e. The van der Waals surface area contributed by atoms with Crippen molar-refractivity contribution in [2.45, 2.75) is 6.92 Å². The zero-order valence-electron chi connectivity index (χ0n) is 15.0. The Hall–Kier alpha value is -2.98. The maximum atomic E-state index is 12.2. The molecule has 11 heteroatoms. The van der Waals surface area contributed by atoms with Crippen LogP contribution in [0, 0.1) is 10.1 Å². The van der Waals surface area contributed by atoms with Gasteiger partial charge in [-0.25, -0.2) is 13.8 Å². The zero-order chi connectivity index (χ0) is 20.9. The van der Waals surface area contributed by atoms with Crippen LogP contribution >= 0.6 is 11.6 Å². The van der Waals surface area contributed by atoms with Crippen LogP contribution in [0.15, 0.2) is 53.6 Å². The molecule has 0 atom stereocenters. The van der Waals surface area contributed by atoms with E-state index >= 15 is 0 Å². The number of hydrazone groups is 1. The lowest BCUT2D eigenvalue weighted by Gasteiger charge is -2.21. The number of sulfonamides is 1. The van der Waals surface area contributed by atoms with E-state index in [1.807, 2.05) is 0 Å². The number of nitro benzene ring substituents is 1. The van der Waals surface area contributed by atoms with Crippen LogP contribution in [-0.2, 0) is 14.8 Å². The van der Waals surface area contributed by atoms with E-state index in [9.17, 15) is 23.3 Å². The summed E-state index contributed by atoms with van der Waals surface area (Å²) in [6.07, 6.45) is 0.904. The van der Waals surface area contributed by atoms with Gasteiger partial charge in [-0.2, -0.15) is 5.10 Å². The lowest BCUT2D eigenvalue weighted by atomic mass is 10.1. The Labute approximate surface area is 166 Å². The predicted molar refractivity (Wildman–Crippen MR) is 107 cm³/mol. The van der Waals surface area contributed by atoms with Gasteiger partial charge in [0.1, 0.15) is 6.54 Å². The second-order valence-electron chi connectivity index (χ2n) is 5.79. The summed E-state index contributed by atoms with van der Waals surface area (Å²) >= 11 is 5.82. The number of carbonyl (C=O) groups is 1. The fourth-order valence-corrected chi connectivity index (χ4v) is 3.20. The summed E-state index contributed by atoms with van der Waals surface area (Å²) in [4.78, 5) is 22.5. The number of nitro groups is 1. The van der Waals surface area contributed by atoms with Gasteiger partial charge in [-0.15, -0.1) is 0 Å². The van der Waals surface area contributed by atoms with E-state index in [2.05, 4.69) is 10.5 Å². The smallest absolute Gasteiger partial charge is 0.271 e. The third-order valence-corrected chi connectivity index (χ3v) is 5.02. The topological polar surface area (TPSA) is 122 Å². The predicted octanol–water partition coefficient (Wildman–Crippen LogP) is 2.55. The van der Waals surface area contributed by atoms with E-state index in [4.69, 9.17) is 11.6 Å². The van der Waals surface area contributed by atoms with Gasteiger partial charge in [0.2, 0.25) is 10.0 Å². The molecule has 0 aliphatic rings. The number of non-ortho nitro benzene ring substituents is 1. The SMILES string of the molecule is C/C(=N/NC(=O)CN(c1cccc([N+](=O)[O-])c1)S(C)(=O)=O)c1ccc(Cl)cc1. The van der Waals surface area contributed by atoms with Gasteiger partial charge in [0.25, 0.3) is 11.6 Å². The van der Waals surface area contributed by atoms with Crippen LogP contribution in [0.2, 0.25) is 5.02 Å². The van der Waals surface area contributed by atoms with Crippen LogP contribution in [0.5, 0.6) is 0 Å². The molecule has 0 fully saturated rings. The minimum Gasteiger partial charge on any atom is -0.271 e. The first-order valence-electron chi connectivity index (χ1n) is 7.89. The molecule has 0 saturated heterocycles. The third kappa shape index (κ3) is 5.76. The van der Waals surface area contributed by atoms with Crippen molar-refractivity contribution in [3.05, 3.63) is 69.2 Å². The van der Waals surface area contributed by atoms with E-state index in [0.717, 1.165) is 22.2 Å². The molecule has 0 unspecified atom stereocenters. The van der Waals surface area contributed by atoms with Gasteiger partial charge in [-0.3, -0.25) is 19.2 Å². The van der Waals surface area contributed by atoms with Gasteiger partial charge in [0.15, 0.2) is 0 Å². The molecular formula is C17H17ClN4O5S. The standard InChI is InChI=1S/C17H17ClN4O5S/c1-12(13-6-8-14(18)9-7-13)19-20-17(23)11-21(28(2,26)27)15-4-3-5-16(10-15)22(24)25/h3-10H,11H2,1-2H3,(H,20,23)/b19-12-. The molecule has 28 heavy (non-hydrogen) atoms. The van der Waals surface area contributed by atoms with Crippen molar-refractivity contribution in [1.82, 2.24) is 5.43 Å². The zero-order valence-corrected chi connectivity index (χ0v) is 16.6. The molecular weight excluding hydrogens is 408 g/mol. The second-order valence-corrected chi connectivity index (χ2v) is 8.13. The minimum atomic E-state index is -3.86. The Balaban J connectivity index is 2.18. The monoisotopic (exact) mass is 424 g/mol. The average molecular weight is 425 g/mol. The highest BCUT2D eigenvalue weighted by molar-refractivity contribution is 7.92. The van der Waals surface area contributed by atoms with Gasteiger partial charge < -0.3 is 0 Å². The molecule has 1 amide bonds. The number of amides is 1. The molecule has 9 nitrogen and oxygen atoms in total. The van der Waals surface area contributed by atoms with Crippen molar-refractivity contribution >= 4 is 44.6 Å². The number of benzene rings is 2. The Kier molecular flexibility index (Phi) is 6.71. The molecule has 148 valence electrons. The Morgan fingerprint density at radius 1 is 1.25 bits per heavy atom. The molecule has 0 aliphatic heterocycles.